The van der Waals surface area contributed by atoms with Crippen LogP contribution in [0, 0.1) is 5.92 Å². The van der Waals surface area contributed by atoms with Crippen molar-refractivity contribution in [3.8, 4) is 0 Å². The van der Waals surface area contributed by atoms with Crippen molar-refractivity contribution < 1.29 is 19.4 Å². The Morgan fingerprint density at radius 3 is 2.83 bits per heavy atom. The Hall–Kier alpha value is -2.83. The largest absolute Gasteiger partial charge is 0.465 e. The van der Waals surface area contributed by atoms with Gasteiger partial charge in [-0.2, -0.15) is 0 Å². The van der Waals surface area contributed by atoms with E-state index >= 15 is 0 Å². The van der Waals surface area contributed by atoms with Crippen LogP contribution < -0.4 is 0 Å². The van der Waals surface area contributed by atoms with Crippen LogP contribution in [0.1, 0.15) is 60.3 Å². The molecular weight excluding hydrogens is 370 g/mol. The molecule has 7 nitrogen and oxygen atoms in total. The Morgan fingerprint density at radius 1 is 1.34 bits per heavy atom. The molecule has 1 aromatic heterocycles. The lowest BCUT2D eigenvalue weighted by atomic mass is 9.86. The third-order valence-electron chi connectivity index (χ3n) is 5.25. The summed E-state index contributed by atoms with van der Waals surface area (Å²) in [6.45, 7) is 8.08. The fraction of sp³-hybridized carbons (Fsp3) is 0.500. The summed E-state index contributed by atoms with van der Waals surface area (Å²) in [5, 5.41) is 9.51. The van der Waals surface area contributed by atoms with Crippen molar-refractivity contribution in [1.29, 1.82) is 0 Å². The van der Waals surface area contributed by atoms with Crippen molar-refractivity contribution in [1.82, 2.24) is 14.5 Å². The molecule has 1 aliphatic rings. The van der Waals surface area contributed by atoms with Gasteiger partial charge in [0.2, 0.25) is 0 Å². The first-order valence-electron chi connectivity index (χ1n) is 10.2. The minimum Gasteiger partial charge on any atom is -0.465 e. The van der Waals surface area contributed by atoms with Crippen LogP contribution in [-0.2, 0) is 17.7 Å². The molecule has 0 fully saturated rings. The Morgan fingerprint density at radius 2 is 2.14 bits per heavy atom. The number of esters is 1. The minimum atomic E-state index is -0.850. The lowest BCUT2D eigenvalue weighted by Gasteiger charge is -2.24. The number of carboxylic acid groups (broad SMARTS) is 1. The van der Waals surface area contributed by atoms with Crippen LogP contribution in [0.5, 0.6) is 0 Å². The molecule has 7 heteroatoms. The SMILES string of the molecule is CCOC(=O)c1cn(Cc2ccc3c(c2)CCN(C(=O)O)CC3CC(C)C)cn1. The van der Waals surface area contributed by atoms with Crippen molar-refractivity contribution in [2.45, 2.75) is 46.1 Å². The number of nitrogens with zero attached hydrogens (tertiary/aromatic N) is 3. The molecule has 0 radical (unpaired) electrons. The summed E-state index contributed by atoms with van der Waals surface area (Å²) >= 11 is 0. The second-order valence-corrected chi connectivity index (χ2v) is 7.99. The molecule has 0 aliphatic carbocycles. The monoisotopic (exact) mass is 399 g/mol. The first-order chi connectivity index (χ1) is 13.9. The fourth-order valence-corrected chi connectivity index (χ4v) is 4.00. The predicted octanol–water partition coefficient (Wildman–Crippen LogP) is 3.77. The molecule has 29 heavy (non-hydrogen) atoms. The molecule has 0 spiro atoms. The van der Waals surface area contributed by atoms with Crippen LogP contribution in [-0.4, -0.2) is 51.3 Å². The van der Waals surface area contributed by atoms with Crippen molar-refractivity contribution in [2.75, 3.05) is 19.7 Å². The maximum absolute atomic E-state index is 11.8. The molecule has 1 unspecified atom stereocenters. The van der Waals surface area contributed by atoms with Gasteiger partial charge < -0.3 is 19.3 Å². The highest BCUT2D eigenvalue weighted by atomic mass is 16.5. The average Bonchev–Trinajstić information content (AvgIpc) is 3.05. The molecule has 1 aliphatic heterocycles. The van der Waals surface area contributed by atoms with Gasteiger partial charge in [-0.15, -0.1) is 0 Å². The topological polar surface area (TPSA) is 84.7 Å². The van der Waals surface area contributed by atoms with Crippen LogP contribution in [0.2, 0.25) is 0 Å². The molecule has 2 aromatic rings. The number of aromatic nitrogens is 2. The maximum Gasteiger partial charge on any atom is 0.407 e. The van der Waals surface area contributed by atoms with Gasteiger partial charge in [-0.25, -0.2) is 14.6 Å². The summed E-state index contributed by atoms with van der Waals surface area (Å²) in [4.78, 5) is 29.0. The van der Waals surface area contributed by atoms with E-state index in [4.69, 9.17) is 4.74 Å². The number of carbonyl (C=O) groups is 2. The number of imidazole rings is 1. The molecular formula is C22H29N3O4. The van der Waals surface area contributed by atoms with Gasteiger partial charge in [0.1, 0.15) is 0 Å². The van der Waals surface area contributed by atoms with Gasteiger partial charge in [0.05, 0.1) is 12.9 Å². The lowest BCUT2D eigenvalue weighted by Crippen LogP contribution is -2.33. The highest BCUT2D eigenvalue weighted by Gasteiger charge is 2.26. The summed E-state index contributed by atoms with van der Waals surface area (Å²) in [5.41, 5.74) is 3.87. The molecule has 1 aromatic carbocycles. The van der Waals surface area contributed by atoms with Gasteiger partial charge in [0, 0.05) is 31.7 Å². The summed E-state index contributed by atoms with van der Waals surface area (Å²) < 4.78 is 6.85. The molecule has 1 atom stereocenters. The second kappa shape index (κ2) is 9.11. The van der Waals surface area contributed by atoms with E-state index in [1.165, 1.54) is 16.0 Å². The number of hydrogen-bond acceptors (Lipinski definition) is 4. The van der Waals surface area contributed by atoms with E-state index in [1.54, 1.807) is 19.4 Å². The zero-order chi connectivity index (χ0) is 21.0. The Balaban J connectivity index is 1.81. The normalized spacial score (nSPS) is 16.4. The number of benzene rings is 1. The van der Waals surface area contributed by atoms with E-state index in [9.17, 15) is 14.7 Å². The van der Waals surface area contributed by atoms with E-state index < -0.39 is 12.1 Å². The molecule has 2 heterocycles. The zero-order valence-corrected chi connectivity index (χ0v) is 17.3. The van der Waals surface area contributed by atoms with E-state index in [2.05, 4.69) is 37.0 Å². The molecule has 1 amide bonds. The lowest BCUT2D eigenvalue weighted by molar-refractivity contribution is 0.0520. The summed E-state index contributed by atoms with van der Waals surface area (Å²) in [5.74, 6) is 0.285. The Kier molecular flexibility index (Phi) is 6.56. The van der Waals surface area contributed by atoms with Crippen LogP contribution in [0.4, 0.5) is 4.79 Å². The molecule has 1 N–H and O–H groups in total. The molecule has 156 valence electrons. The average molecular weight is 399 g/mol. The minimum absolute atomic E-state index is 0.210. The number of carbonyl (C=O) groups excluding carboxylic acids is 1. The third-order valence-corrected chi connectivity index (χ3v) is 5.25. The van der Waals surface area contributed by atoms with Crippen LogP contribution in [0.15, 0.2) is 30.7 Å². The molecule has 0 bridgehead atoms. The standard InChI is InChI=1S/C22H29N3O4/c1-4-29-21(26)20-13-24(14-23-20)11-16-5-6-19-17(10-16)7-8-25(22(27)28)12-18(19)9-15(2)3/h5-6,10,13-15,18H,4,7-9,11-12H2,1-3H3,(H,27,28). The zero-order valence-electron chi connectivity index (χ0n) is 17.3. The highest BCUT2D eigenvalue weighted by molar-refractivity contribution is 5.86. The third kappa shape index (κ3) is 5.16. The van der Waals surface area contributed by atoms with Crippen LogP contribution >= 0.6 is 0 Å². The number of ether oxygens (including phenoxy) is 1. The van der Waals surface area contributed by atoms with Gasteiger partial charge in [-0.1, -0.05) is 32.0 Å². The van der Waals surface area contributed by atoms with Gasteiger partial charge in [-0.05, 0) is 42.4 Å². The van der Waals surface area contributed by atoms with Gasteiger partial charge >= 0.3 is 12.1 Å². The highest BCUT2D eigenvalue weighted by Crippen LogP contribution is 2.31. The van der Waals surface area contributed by atoms with Crippen LogP contribution in [0.3, 0.4) is 0 Å². The number of hydrogen-bond donors (Lipinski definition) is 1. The van der Waals surface area contributed by atoms with Crippen molar-refractivity contribution in [3.63, 3.8) is 0 Å². The summed E-state index contributed by atoms with van der Waals surface area (Å²) in [7, 11) is 0. The first-order valence-corrected chi connectivity index (χ1v) is 10.2. The van der Waals surface area contributed by atoms with Gasteiger partial charge in [0.15, 0.2) is 5.69 Å². The molecule has 0 saturated heterocycles. The van der Waals surface area contributed by atoms with E-state index in [-0.39, 0.29) is 5.92 Å². The Bertz CT molecular complexity index is 875. The predicted molar refractivity (Wildman–Crippen MR) is 109 cm³/mol. The Labute approximate surface area is 171 Å². The van der Waals surface area contributed by atoms with Crippen molar-refractivity contribution in [2.24, 2.45) is 5.92 Å². The van der Waals surface area contributed by atoms with Gasteiger partial charge in [-0.3, -0.25) is 0 Å². The summed E-state index contributed by atoms with van der Waals surface area (Å²) in [6.07, 6.45) is 4.14. The van der Waals surface area contributed by atoms with Crippen molar-refractivity contribution >= 4 is 12.1 Å². The number of fused-ring (bicyclic) bond motifs is 1. The fourth-order valence-electron chi connectivity index (χ4n) is 4.00. The van der Waals surface area contributed by atoms with E-state index in [0.717, 1.165) is 12.0 Å². The first kappa shape index (κ1) is 20.9. The number of amides is 1. The van der Waals surface area contributed by atoms with E-state index in [1.807, 2.05) is 4.57 Å². The maximum atomic E-state index is 11.8. The molecule has 0 saturated carbocycles. The van der Waals surface area contributed by atoms with E-state index in [0.29, 0.717) is 44.3 Å². The second-order valence-electron chi connectivity index (χ2n) is 7.99. The quantitative estimate of drug-likeness (QED) is 0.748. The van der Waals surface area contributed by atoms with Crippen LogP contribution in [0.25, 0.3) is 0 Å². The molecule has 3 rings (SSSR count). The number of rotatable bonds is 6. The summed E-state index contributed by atoms with van der Waals surface area (Å²) in [6, 6.07) is 6.40. The smallest absolute Gasteiger partial charge is 0.407 e. The van der Waals surface area contributed by atoms with Crippen molar-refractivity contribution in [3.05, 3.63) is 53.1 Å². The van der Waals surface area contributed by atoms with Gasteiger partial charge in [0.25, 0.3) is 0 Å².